The predicted molar refractivity (Wildman–Crippen MR) is 92.3 cm³/mol. The second kappa shape index (κ2) is 8.11. The Bertz CT molecular complexity index is 699. The molecule has 7 heteroatoms. The van der Waals surface area contributed by atoms with Crippen LogP contribution in [0.15, 0.2) is 30.6 Å². The smallest absolute Gasteiger partial charge is 0.220 e. The summed E-state index contributed by atoms with van der Waals surface area (Å²) in [6.07, 6.45) is 5.14. The van der Waals surface area contributed by atoms with Crippen molar-refractivity contribution in [3.63, 3.8) is 0 Å². The molecule has 0 aromatic carbocycles. The van der Waals surface area contributed by atoms with Crippen LogP contribution in [0.3, 0.4) is 0 Å². The lowest BCUT2D eigenvalue weighted by atomic mass is 10.1. The molecule has 2 atom stereocenters. The van der Waals surface area contributed by atoms with Gasteiger partial charge >= 0.3 is 0 Å². The fourth-order valence-electron chi connectivity index (χ4n) is 2.86. The first-order valence-electron chi connectivity index (χ1n) is 8.55. The van der Waals surface area contributed by atoms with Crippen LogP contribution in [-0.4, -0.2) is 46.0 Å². The second-order valence-corrected chi connectivity index (χ2v) is 6.28. The topological polar surface area (TPSA) is 78.3 Å². The Morgan fingerprint density at radius 3 is 3.04 bits per heavy atom. The third-order valence-corrected chi connectivity index (χ3v) is 4.34. The first-order valence-corrected chi connectivity index (χ1v) is 8.55. The van der Waals surface area contributed by atoms with Gasteiger partial charge in [-0.3, -0.25) is 14.5 Å². The highest BCUT2D eigenvalue weighted by atomic mass is 16.5. The average Bonchev–Trinajstić information content (AvgIpc) is 3.02. The third-order valence-electron chi connectivity index (χ3n) is 4.34. The molecule has 3 rings (SSSR count). The lowest BCUT2D eigenvalue weighted by molar-refractivity contribution is -0.124. The summed E-state index contributed by atoms with van der Waals surface area (Å²) in [6, 6.07) is 5.58. The maximum atomic E-state index is 12.3. The highest BCUT2D eigenvalue weighted by Gasteiger charge is 2.29. The molecular formula is C18H24N4O3. The van der Waals surface area contributed by atoms with E-state index in [1.54, 1.807) is 17.1 Å². The van der Waals surface area contributed by atoms with Crippen molar-refractivity contribution >= 4 is 5.91 Å². The van der Waals surface area contributed by atoms with Crippen LogP contribution in [0.4, 0.5) is 0 Å². The van der Waals surface area contributed by atoms with Gasteiger partial charge in [0.25, 0.3) is 0 Å². The van der Waals surface area contributed by atoms with Crippen LogP contribution >= 0.6 is 0 Å². The third kappa shape index (κ3) is 4.79. The summed E-state index contributed by atoms with van der Waals surface area (Å²) in [7, 11) is 1.88. The highest BCUT2D eigenvalue weighted by molar-refractivity contribution is 5.76. The number of amides is 1. The van der Waals surface area contributed by atoms with Crippen molar-refractivity contribution in [3.8, 4) is 5.75 Å². The van der Waals surface area contributed by atoms with E-state index >= 15 is 0 Å². The Morgan fingerprint density at radius 1 is 1.44 bits per heavy atom. The molecule has 0 saturated carbocycles. The zero-order chi connectivity index (χ0) is 17.6. The van der Waals surface area contributed by atoms with Gasteiger partial charge < -0.3 is 14.8 Å². The first-order chi connectivity index (χ1) is 12.1. The Kier molecular flexibility index (Phi) is 5.65. The van der Waals surface area contributed by atoms with Gasteiger partial charge in [0, 0.05) is 37.5 Å². The van der Waals surface area contributed by atoms with E-state index < -0.39 is 0 Å². The molecule has 2 aromatic rings. The van der Waals surface area contributed by atoms with Crippen molar-refractivity contribution < 1.29 is 14.3 Å². The molecule has 1 aliphatic rings. The number of nitrogens with one attached hydrogen (secondary N) is 1. The van der Waals surface area contributed by atoms with E-state index in [9.17, 15) is 4.79 Å². The Hall–Kier alpha value is -2.41. The Morgan fingerprint density at radius 2 is 2.32 bits per heavy atom. The van der Waals surface area contributed by atoms with Crippen LogP contribution in [0.25, 0.3) is 0 Å². The molecule has 2 aromatic heterocycles. The summed E-state index contributed by atoms with van der Waals surface area (Å²) in [4.78, 5) is 16.5. The number of pyridine rings is 1. The second-order valence-electron chi connectivity index (χ2n) is 6.28. The van der Waals surface area contributed by atoms with Gasteiger partial charge in [-0.25, -0.2) is 0 Å². The largest absolute Gasteiger partial charge is 0.486 e. The van der Waals surface area contributed by atoms with Crippen LogP contribution in [-0.2, 0) is 23.0 Å². The maximum Gasteiger partial charge on any atom is 0.220 e. The molecule has 0 unspecified atom stereocenters. The molecule has 3 heterocycles. The first kappa shape index (κ1) is 17.4. The maximum absolute atomic E-state index is 12.3. The zero-order valence-electron chi connectivity index (χ0n) is 14.6. The lowest BCUT2D eigenvalue weighted by Gasteiger charge is -2.32. The van der Waals surface area contributed by atoms with Crippen molar-refractivity contribution in [2.75, 3.05) is 13.2 Å². The molecule has 1 N–H and O–H groups in total. The molecule has 0 bridgehead atoms. The number of ether oxygens (including phenoxy) is 2. The molecule has 25 heavy (non-hydrogen) atoms. The van der Waals surface area contributed by atoms with Crippen LogP contribution in [0.1, 0.15) is 24.2 Å². The Labute approximate surface area is 147 Å². The van der Waals surface area contributed by atoms with E-state index in [2.05, 4.69) is 15.4 Å². The van der Waals surface area contributed by atoms with Gasteiger partial charge in [0.05, 0.1) is 25.5 Å². The summed E-state index contributed by atoms with van der Waals surface area (Å²) in [5.41, 5.74) is 1.98. The van der Waals surface area contributed by atoms with Crippen LogP contribution in [0.5, 0.6) is 5.75 Å². The van der Waals surface area contributed by atoms with Gasteiger partial charge in [-0.1, -0.05) is 0 Å². The summed E-state index contributed by atoms with van der Waals surface area (Å²) in [5.74, 6) is 0.707. The minimum atomic E-state index is -0.158. The van der Waals surface area contributed by atoms with Crippen molar-refractivity contribution in [2.45, 2.75) is 38.3 Å². The zero-order valence-corrected chi connectivity index (χ0v) is 14.6. The number of carbonyl (C=O) groups is 1. The van der Waals surface area contributed by atoms with Crippen molar-refractivity contribution in [2.24, 2.45) is 7.05 Å². The summed E-state index contributed by atoms with van der Waals surface area (Å²) >= 11 is 0. The van der Waals surface area contributed by atoms with Crippen molar-refractivity contribution in [1.82, 2.24) is 20.1 Å². The molecule has 0 radical (unpaired) electrons. The highest BCUT2D eigenvalue weighted by Crippen LogP contribution is 2.18. The quantitative estimate of drug-likeness (QED) is 0.857. The number of aromatic nitrogens is 3. The SMILES string of the molecule is Cc1ccc(O[C@@H]2CCOC[C@@H]2NC(=O)CCc2ccnn2C)cn1. The van der Waals surface area contributed by atoms with E-state index in [4.69, 9.17) is 9.47 Å². The minimum Gasteiger partial charge on any atom is -0.486 e. The van der Waals surface area contributed by atoms with Gasteiger partial charge in [0.15, 0.2) is 0 Å². The molecular weight excluding hydrogens is 320 g/mol. The number of rotatable bonds is 6. The van der Waals surface area contributed by atoms with Crippen LogP contribution < -0.4 is 10.1 Å². The van der Waals surface area contributed by atoms with Gasteiger partial charge in [-0.15, -0.1) is 0 Å². The van der Waals surface area contributed by atoms with Crippen molar-refractivity contribution in [1.29, 1.82) is 0 Å². The molecule has 1 fully saturated rings. The number of hydrogen-bond acceptors (Lipinski definition) is 5. The number of hydrogen-bond donors (Lipinski definition) is 1. The van der Waals surface area contributed by atoms with E-state index in [1.165, 1.54) is 0 Å². The summed E-state index contributed by atoms with van der Waals surface area (Å²) in [6.45, 7) is 3.02. The Balaban J connectivity index is 1.54. The minimum absolute atomic E-state index is 0.00710. The van der Waals surface area contributed by atoms with Crippen LogP contribution in [0, 0.1) is 6.92 Å². The van der Waals surface area contributed by atoms with Gasteiger partial charge in [-0.2, -0.15) is 5.10 Å². The predicted octanol–water partition coefficient (Wildman–Crippen LogP) is 1.41. The summed E-state index contributed by atoms with van der Waals surface area (Å²) in [5, 5.41) is 7.16. The van der Waals surface area contributed by atoms with Gasteiger partial charge in [0.1, 0.15) is 11.9 Å². The van der Waals surface area contributed by atoms with Gasteiger partial charge in [0.2, 0.25) is 5.91 Å². The fourth-order valence-corrected chi connectivity index (χ4v) is 2.86. The number of carbonyl (C=O) groups excluding carboxylic acids is 1. The van der Waals surface area contributed by atoms with E-state index in [0.717, 1.165) is 17.8 Å². The molecule has 0 spiro atoms. The fraction of sp³-hybridized carbons (Fsp3) is 0.500. The molecule has 1 amide bonds. The number of nitrogens with zero attached hydrogens (tertiary/aromatic N) is 3. The normalized spacial score (nSPS) is 20.2. The van der Waals surface area contributed by atoms with E-state index in [0.29, 0.717) is 31.8 Å². The molecule has 134 valence electrons. The summed E-state index contributed by atoms with van der Waals surface area (Å²) < 4.78 is 13.3. The lowest BCUT2D eigenvalue weighted by Crippen LogP contribution is -2.51. The van der Waals surface area contributed by atoms with Crippen LogP contribution in [0.2, 0.25) is 0 Å². The molecule has 7 nitrogen and oxygen atoms in total. The van der Waals surface area contributed by atoms with Crippen molar-refractivity contribution in [3.05, 3.63) is 42.0 Å². The molecule has 0 aliphatic carbocycles. The molecule has 1 saturated heterocycles. The van der Waals surface area contributed by atoms with Gasteiger partial charge in [-0.05, 0) is 31.5 Å². The van der Waals surface area contributed by atoms with E-state index in [-0.39, 0.29) is 18.1 Å². The molecule has 1 aliphatic heterocycles. The average molecular weight is 344 g/mol. The van der Waals surface area contributed by atoms with E-state index in [1.807, 2.05) is 32.2 Å². The number of aryl methyl sites for hydroxylation is 3. The standard InChI is InChI=1S/C18H24N4O3/c1-13-3-5-15(11-19-13)25-17-8-10-24-12-16(17)21-18(23)6-4-14-7-9-20-22(14)2/h3,5,7,9,11,16-17H,4,6,8,10,12H2,1-2H3,(H,21,23)/t16-,17+/m0/s1. The monoisotopic (exact) mass is 344 g/mol.